The van der Waals surface area contributed by atoms with Gasteiger partial charge in [0.25, 0.3) is 0 Å². The maximum absolute atomic E-state index is 5.67. The minimum atomic E-state index is 0.491. The molecule has 0 spiro atoms. The summed E-state index contributed by atoms with van der Waals surface area (Å²) in [7, 11) is 2.02. The molecule has 0 aliphatic carbocycles. The molecule has 0 saturated heterocycles. The third-order valence-electron chi connectivity index (χ3n) is 2.28. The van der Waals surface area contributed by atoms with Gasteiger partial charge in [0.1, 0.15) is 5.82 Å². The van der Waals surface area contributed by atoms with E-state index in [1.165, 1.54) is 0 Å². The Morgan fingerprint density at radius 1 is 1.75 bits per heavy atom. The molecule has 1 atom stereocenters. The average Bonchev–Trinajstić information content (AvgIpc) is 2.48. The summed E-state index contributed by atoms with van der Waals surface area (Å²) in [6.07, 6.45) is 2.85. The summed E-state index contributed by atoms with van der Waals surface area (Å²) >= 11 is 0. The zero-order chi connectivity index (χ0) is 9.14. The number of rotatable bonds is 3. The minimum Gasteiger partial charge on any atom is -0.382 e. The molecule has 1 aromatic rings. The van der Waals surface area contributed by atoms with Crippen molar-refractivity contribution >= 4 is 11.5 Å². The molecule has 3 N–H and O–H groups in total. The van der Waals surface area contributed by atoms with Crippen LogP contribution in [-0.4, -0.2) is 23.3 Å². The fraction of sp³-hybridized carbons (Fsp3) is 0.625. The fourth-order valence-electron chi connectivity index (χ4n) is 1.08. The Labute approximate surface area is 72.8 Å². The monoisotopic (exact) mass is 168 g/mol. The van der Waals surface area contributed by atoms with Crippen LogP contribution in [0.25, 0.3) is 0 Å². The van der Waals surface area contributed by atoms with E-state index in [9.17, 15) is 0 Å². The van der Waals surface area contributed by atoms with Crippen LogP contribution in [0, 0.1) is 0 Å². The Morgan fingerprint density at radius 2 is 2.42 bits per heavy atom. The lowest BCUT2D eigenvalue weighted by molar-refractivity contribution is 0.664. The van der Waals surface area contributed by atoms with Gasteiger partial charge in [0.05, 0.1) is 11.9 Å². The van der Waals surface area contributed by atoms with Crippen molar-refractivity contribution in [1.29, 1.82) is 0 Å². The van der Waals surface area contributed by atoms with Crippen molar-refractivity contribution < 1.29 is 0 Å². The predicted molar refractivity (Wildman–Crippen MR) is 51.2 cm³/mol. The number of anilines is 2. The molecule has 0 amide bonds. The highest BCUT2D eigenvalue weighted by molar-refractivity contribution is 5.61. The van der Waals surface area contributed by atoms with E-state index >= 15 is 0 Å². The lowest BCUT2D eigenvalue weighted by atomic mass is 10.2. The van der Waals surface area contributed by atoms with Crippen molar-refractivity contribution in [3.8, 4) is 0 Å². The number of hydrogen-bond donors (Lipinski definition) is 2. The number of nitrogens with two attached hydrogens (primary N) is 1. The molecule has 12 heavy (non-hydrogen) atoms. The average molecular weight is 168 g/mol. The van der Waals surface area contributed by atoms with Crippen LogP contribution in [0.3, 0.4) is 0 Å². The molecular formula is C8H16N4. The third kappa shape index (κ3) is 1.52. The van der Waals surface area contributed by atoms with E-state index < -0.39 is 0 Å². The summed E-state index contributed by atoms with van der Waals surface area (Å²) < 4.78 is 0. The van der Waals surface area contributed by atoms with Gasteiger partial charge >= 0.3 is 0 Å². The molecule has 1 aromatic heterocycles. The van der Waals surface area contributed by atoms with E-state index in [2.05, 4.69) is 28.9 Å². The van der Waals surface area contributed by atoms with E-state index in [1.807, 2.05) is 7.05 Å². The van der Waals surface area contributed by atoms with Crippen molar-refractivity contribution in [1.82, 2.24) is 10.2 Å². The Bertz CT molecular complexity index is 243. The Balaban J connectivity index is 2.77. The zero-order valence-corrected chi connectivity index (χ0v) is 7.83. The Hall–Kier alpha value is -1.19. The van der Waals surface area contributed by atoms with Crippen LogP contribution < -0.4 is 10.6 Å². The van der Waals surface area contributed by atoms with Crippen LogP contribution in [0.1, 0.15) is 20.3 Å². The SMILES string of the molecule is CCC(C)N(C)c1cn[nH]c1N. The van der Waals surface area contributed by atoms with Crippen LogP contribution in [-0.2, 0) is 0 Å². The molecule has 0 saturated carbocycles. The molecule has 4 nitrogen and oxygen atoms in total. The second-order valence-corrected chi connectivity index (χ2v) is 3.04. The number of nitrogens with one attached hydrogen (secondary N) is 1. The van der Waals surface area contributed by atoms with Gasteiger partial charge in [-0.3, -0.25) is 5.10 Å². The van der Waals surface area contributed by atoms with Crippen LogP contribution in [0.4, 0.5) is 11.5 Å². The van der Waals surface area contributed by atoms with Crippen LogP contribution in [0.2, 0.25) is 0 Å². The van der Waals surface area contributed by atoms with Gasteiger partial charge in [0, 0.05) is 13.1 Å². The summed E-state index contributed by atoms with van der Waals surface area (Å²) in [6.45, 7) is 4.31. The molecule has 0 radical (unpaired) electrons. The highest BCUT2D eigenvalue weighted by atomic mass is 15.2. The van der Waals surface area contributed by atoms with E-state index in [1.54, 1.807) is 6.20 Å². The number of aromatic nitrogens is 2. The standard InChI is InChI=1S/C8H16N4/c1-4-6(2)12(3)7-5-10-11-8(7)9/h5-6H,4H2,1-3H3,(H3,9,10,11). The Morgan fingerprint density at radius 3 is 2.83 bits per heavy atom. The normalized spacial score (nSPS) is 12.9. The van der Waals surface area contributed by atoms with Gasteiger partial charge in [-0.1, -0.05) is 6.92 Å². The summed E-state index contributed by atoms with van der Waals surface area (Å²) in [4.78, 5) is 2.12. The number of aromatic amines is 1. The molecule has 0 fully saturated rings. The summed E-state index contributed by atoms with van der Waals surface area (Å²) in [5.74, 6) is 0.637. The zero-order valence-electron chi connectivity index (χ0n) is 7.83. The topological polar surface area (TPSA) is 57.9 Å². The molecule has 0 aromatic carbocycles. The highest BCUT2D eigenvalue weighted by Gasteiger charge is 2.11. The number of H-pyrrole nitrogens is 1. The molecule has 1 heterocycles. The summed E-state index contributed by atoms with van der Waals surface area (Å²) in [5.41, 5.74) is 6.65. The largest absolute Gasteiger partial charge is 0.382 e. The number of nitrogens with zero attached hydrogens (tertiary/aromatic N) is 2. The third-order valence-corrected chi connectivity index (χ3v) is 2.28. The smallest absolute Gasteiger partial charge is 0.142 e. The lowest BCUT2D eigenvalue weighted by Crippen LogP contribution is -2.28. The van der Waals surface area contributed by atoms with Gasteiger partial charge in [-0.15, -0.1) is 0 Å². The number of hydrogen-bond acceptors (Lipinski definition) is 3. The van der Waals surface area contributed by atoms with E-state index in [0.29, 0.717) is 11.9 Å². The van der Waals surface area contributed by atoms with Crippen molar-refractivity contribution in [3.05, 3.63) is 6.20 Å². The van der Waals surface area contributed by atoms with Gasteiger partial charge < -0.3 is 10.6 Å². The highest BCUT2D eigenvalue weighted by Crippen LogP contribution is 2.20. The Kier molecular flexibility index (Phi) is 2.58. The first-order valence-corrected chi connectivity index (χ1v) is 4.18. The molecule has 4 heteroatoms. The van der Waals surface area contributed by atoms with Gasteiger partial charge in [-0.25, -0.2) is 0 Å². The van der Waals surface area contributed by atoms with E-state index in [0.717, 1.165) is 12.1 Å². The molecule has 0 aliphatic heterocycles. The van der Waals surface area contributed by atoms with Crippen molar-refractivity contribution in [2.45, 2.75) is 26.3 Å². The second kappa shape index (κ2) is 3.47. The summed E-state index contributed by atoms with van der Waals surface area (Å²) in [6, 6.07) is 0.491. The molecule has 1 unspecified atom stereocenters. The first kappa shape index (κ1) is 8.90. The van der Waals surface area contributed by atoms with Gasteiger partial charge in [0.2, 0.25) is 0 Å². The van der Waals surface area contributed by atoms with Gasteiger partial charge in [0.15, 0.2) is 0 Å². The van der Waals surface area contributed by atoms with E-state index in [-0.39, 0.29) is 0 Å². The molecule has 68 valence electrons. The molecule has 0 bridgehead atoms. The fourth-order valence-corrected chi connectivity index (χ4v) is 1.08. The first-order valence-electron chi connectivity index (χ1n) is 4.18. The first-order chi connectivity index (χ1) is 5.66. The molecule has 1 rings (SSSR count). The van der Waals surface area contributed by atoms with Gasteiger partial charge in [-0.2, -0.15) is 5.10 Å². The van der Waals surface area contributed by atoms with Crippen LogP contribution in [0.15, 0.2) is 6.20 Å². The maximum Gasteiger partial charge on any atom is 0.142 e. The molecule has 0 aliphatic rings. The van der Waals surface area contributed by atoms with Crippen LogP contribution in [0.5, 0.6) is 0 Å². The lowest BCUT2D eigenvalue weighted by Gasteiger charge is -2.24. The maximum atomic E-state index is 5.67. The minimum absolute atomic E-state index is 0.491. The van der Waals surface area contributed by atoms with E-state index in [4.69, 9.17) is 5.73 Å². The van der Waals surface area contributed by atoms with Crippen molar-refractivity contribution in [3.63, 3.8) is 0 Å². The van der Waals surface area contributed by atoms with Crippen molar-refractivity contribution in [2.75, 3.05) is 17.7 Å². The quantitative estimate of drug-likeness (QED) is 0.713. The molecular weight excluding hydrogens is 152 g/mol. The summed E-state index contributed by atoms with van der Waals surface area (Å²) in [5, 5.41) is 6.58. The van der Waals surface area contributed by atoms with Crippen molar-refractivity contribution in [2.24, 2.45) is 0 Å². The second-order valence-electron chi connectivity index (χ2n) is 3.04. The number of nitrogen functional groups attached to an aromatic ring is 1. The predicted octanol–water partition coefficient (Wildman–Crippen LogP) is 1.23. The van der Waals surface area contributed by atoms with Gasteiger partial charge in [-0.05, 0) is 13.3 Å². The van der Waals surface area contributed by atoms with Crippen LogP contribution >= 0.6 is 0 Å².